The van der Waals surface area contributed by atoms with E-state index in [-0.39, 0.29) is 0 Å². The van der Waals surface area contributed by atoms with Gasteiger partial charge in [-0.3, -0.25) is 0 Å². The Balaban J connectivity index is 1.34. The van der Waals surface area contributed by atoms with E-state index in [2.05, 4.69) is 68.5 Å². The second-order valence-electron chi connectivity index (χ2n) is 9.24. The number of hydrogen-bond donors (Lipinski definition) is 2. The first-order valence-electron chi connectivity index (χ1n) is 12.0. The number of H-pyrrole nitrogens is 2. The highest BCUT2D eigenvalue weighted by Gasteiger charge is 2.24. The topological polar surface area (TPSA) is 92.4 Å². The van der Waals surface area contributed by atoms with Crippen molar-refractivity contribution in [1.82, 2.24) is 30.1 Å². The number of benzene rings is 3. The Bertz CT molecular complexity index is 2010. The summed E-state index contributed by atoms with van der Waals surface area (Å²) in [4.78, 5) is 17.5. The number of rotatable bonds is 2. The van der Waals surface area contributed by atoms with Gasteiger partial charge in [-0.15, -0.1) is 11.3 Å². The predicted molar refractivity (Wildman–Crippen MR) is 144 cm³/mol. The Morgan fingerprint density at radius 3 is 2.72 bits per heavy atom. The molecule has 36 heavy (non-hydrogen) atoms. The second-order valence-corrected chi connectivity index (χ2v) is 10.3. The number of imidazole rings is 2. The number of aryl methyl sites for hydroxylation is 2. The van der Waals surface area contributed by atoms with Crippen LogP contribution in [0.15, 0.2) is 48.8 Å². The molecule has 2 N–H and O–H groups in total. The Labute approximate surface area is 209 Å². The summed E-state index contributed by atoms with van der Waals surface area (Å²) in [6.07, 6.45) is 4.52. The van der Waals surface area contributed by atoms with Crippen LogP contribution in [0.4, 0.5) is 0 Å². The molecule has 0 aliphatic carbocycles. The number of aromatic nitrogens is 6. The van der Waals surface area contributed by atoms with Crippen LogP contribution in [0.25, 0.3) is 64.4 Å². The van der Waals surface area contributed by atoms with Crippen LogP contribution in [0.2, 0.25) is 0 Å². The first kappa shape index (κ1) is 19.9. The number of hydrogen-bond acceptors (Lipinski definition) is 6. The van der Waals surface area contributed by atoms with Crippen molar-refractivity contribution in [2.45, 2.75) is 26.9 Å². The molecule has 3 aromatic carbocycles. The van der Waals surface area contributed by atoms with Crippen molar-refractivity contribution in [3.05, 3.63) is 66.1 Å². The van der Waals surface area contributed by atoms with Gasteiger partial charge >= 0.3 is 0 Å². The fourth-order valence-electron chi connectivity index (χ4n) is 5.40. The SMILES string of the molecule is CCc1nc2c([nH]1)-c1ccc3cc(-c4ccc5c(c4)c4cnncc4c4nc(C)[nH]c54)sc3c1OC2. The van der Waals surface area contributed by atoms with Crippen molar-refractivity contribution in [1.29, 1.82) is 0 Å². The molecule has 0 saturated carbocycles. The fraction of sp³-hybridized carbons (Fsp3) is 0.143. The number of ether oxygens (including phenoxy) is 1. The van der Waals surface area contributed by atoms with E-state index in [1.165, 1.54) is 10.3 Å². The number of fused-ring (bicyclic) bond motifs is 11. The molecule has 4 aromatic heterocycles. The third kappa shape index (κ3) is 2.67. The molecule has 1 aliphatic rings. The summed E-state index contributed by atoms with van der Waals surface area (Å²) in [7, 11) is 0. The third-order valence-electron chi connectivity index (χ3n) is 7.10. The van der Waals surface area contributed by atoms with Gasteiger partial charge in [-0.05, 0) is 41.5 Å². The van der Waals surface area contributed by atoms with Gasteiger partial charge in [0.1, 0.15) is 29.7 Å². The molecule has 0 radical (unpaired) electrons. The largest absolute Gasteiger partial charge is 0.485 e. The summed E-state index contributed by atoms with van der Waals surface area (Å²) < 4.78 is 7.41. The Morgan fingerprint density at radius 1 is 0.944 bits per heavy atom. The maximum atomic E-state index is 6.25. The average molecular weight is 489 g/mol. The van der Waals surface area contributed by atoms with Crippen molar-refractivity contribution in [3.8, 4) is 27.4 Å². The molecule has 0 fully saturated rings. The molecular formula is C28H20N6OS. The summed E-state index contributed by atoms with van der Waals surface area (Å²) in [5, 5.41) is 13.8. The van der Waals surface area contributed by atoms with Gasteiger partial charge < -0.3 is 14.7 Å². The highest BCUT2D eigenvalue weighted by atomic mass is 32.1. The Morgan fingerprint density at radius 2 is 1.83 bits per heavy atom. The predicted octanol–water partition coefficient (Wildman–Crippen LogP) is 6.69. The van der Waals surface area contributed by atoms with E-state index >= 15 is 0 Å². The summed E-state index contributed by atoms with van der Waals surface area (Å²) in [5.41, 5.74) is 6.30. The van der Waals surface area contributed by atoms with Crippen LogP contribution in [-0.4, -0.2) is 30.1 Å². The zero-order valence-electron chi connectivity index (χ0n) is 19.6. The van der Waals surface area contributed by atoms with Gasteiger partial charge in [-0.25, -0.2) is 9.97 Å². The lowest BCUT2D eigenvalue weighted by Crippen LogP contribution is -2.05. The first-order valence-corrected chi connectivity index (χ1v) is 12.8. The number of nitrogens with one attached hydrogen (secondary N) is 2. The lowest BCUT2D eigenvalue weighted by atomic mass is 9.99. The molecule has 7 nitrogen and oxygen atoms in total. The molecule has 7 aromatic rings. The second kappa shape index (κ2) is 7.11. The van der Waals surface area contributed by atoms with Crippen molar-refractivity contribution in [2.75, 3.05) is 0 Å². The molecule has 0 bridgehead atoms. The van der Waals surface area contributed by atoms with Crippen LogP contribution in [0, 0.1) is 6.92 Å². The zero-order valence-corrected chi connectivity index (χ0v) is 20.5. The third-order valence-corrected chi connectivity index (χ3v) is 8.30. The Hall–Kier alpha value is -4.30. The highest BCUT2D eigenvalue weighted by Crippen LogP contribution is 2.47. The average Bonchev–Trinajstić information content (AvgIpc) is 3.64. The minimum absolute atomic E-state index is 0.494. The number of aromatic amines is 2. The van der Waals surface area contributed by atoms with E-state index in [0.717, 1.165) is 83.6 Å². The minimum Gasteiger partial charge on any atom is -0.485 e. The zero-order chi connectivity index (χ0) is 24.0. The summed E-state index contributed by atoms with van der Waals surface area (Å²) >= 11 is 1.77. The standard InChI is InChI=1S/C28H20N6OS/c1-3-23-33-21-12-35-27-17(24(21)34-23)7-5-15-9-22(36-28(15)27)14-4-6-16-18(8-14)19-10-29-30-11-20(19)26-25(16)31-13(2)32-26/h4-11H,3,12H2,1-2H3,(H,31,32)(H,33,34). The minimum atomic E-state index is 0.494. The van der Waals surface area contributed by atoms with Crippen LogP contribution in [0.3, 0.4) is 0 Å². The Kier molecular flexibility index (Phi) is 3.94. The van der Waals surface area contributed by atoms with Crippen LogP contribution < -0.4 is 4.74 Å². The summed E-state index contributed by atoms with van der Waals surface area (Å²) in [6.45, 7) is 4.59. The maximum Gasteiger partial charge on any atom is 0.147 e. The van der Waals surface area contributed by atoms with E-state index < -0.39 is 0 Å². The summed E-state index contributed by atoms with van der Waals surface area (Å²) in [5.74, 6) is 2.83. The molecule has 174 valence electrons. The van der Waals surface area contributed by atoms with Gasteiger partial charge in [0.15, 0.2) is 0 Å². The molecule has 0 unspecified atom stereocenters. The quantitative estimate of drug-likeness (QED) is 0.264. The van der Waals surface area contributed by atoms with Gasteiger partial charge in [0.25, 0.3) is 0 Å². The van der Waals surface area contributed by atoms with Crippen LogP contribution in [-0.2, 0) is 13.0 Å². The van der Waals surface area contributed by atoms with E-state index in [1.807, 2.05) is 13.1 Å². The molecule has 0 amide bonds. The van der Waals surface area contributed by atoms with E-state index in [1.54, 1.807) is 17.5 Å². The molecule has 8 rings (SSSR count). The fourth-order valence-corrected chi connectivity index (χ4v) is 6.56. The normalized spacial score (nSPS) is 12.9. The maximum absolute atomic E-state index is 6.25. The van der Waals surface area contributed by atoms with Gasteiger partial charge in [0, 0.05) is 33.0 Å². The molecule has 0 saturated heterocycles. The van der Waals surface area contributed by atoms with Crippen molar-refractivity contribution in [2.24, 2.45) is 0 Å². The van der Waals surface area contributed by atoms with Gasteiger partial charge in [-0.1, -0.05) is 25.1 Å². The highest BCUT2D eigenvalue weighted by molar-refractivity contribution is 7.22. The van der Waals surface area contributed by atoms with Crippen molar-refractivity contribution in [3.63, 3.8) is 0 Å². The lowest BCUT2D eigenvalue weighted by molar-refractivity contribution is 0.302. The first-order chi connectivity index (χ1) is 17.7. The van der Waals surface area contributed by atoms with Crippen molar-refractivity contribution < 1.29 is 4.74 Å². The van der Waals surface area contributed by atoms with Gasteiger partial charge in [0.2, 0.25) is 0 Å². The van der Waals surface area contributed by atoms with Gasteiger partial charge in [0.05, 0.1) is 33.8 Å². The molecule has 1 aliphatic heterocycles. The van der Waals surface area contributed by atoms with E-state index in [4.69, 9.17) is 9.72 Å². The smallest absolute Gasteiger partial charge is 0.147 e. The number of nitrogens with zero attached hydrogens (tertiary/aromatic N) is 4. The molecule has 8 heteroatoms. The molecule has 0 atom stereocenters. The van der Waals surface area contributed by atoms with Crippen LogP contribution in [0.5, 0.6) is 5.75 Å². The van der Waals surface area contributed by atoms with Crippen molar-refractivity contribution >= 4 is 54.0 Å². The van der Waals surface area contributed by atoms with Gasteiger partial charge in [-0.2, -0.15) is 10.2 Å². The van der Waals surface area contributed by atoms with E-state index in [9.17, 15) is 0 Å². The molecular weight excluding hydrogens is 468 g/mol. The molecule has 0 spiro atoms. The van der Waals surface area contributed by atoms with Crippen LogP contribution in [0.1, 0.15) is 24.3 Å². The summed E-state index contributed by atoms with van der Waals surface area (Å²) in [6, 6.07) is 13.2. The lowest BCUT2D eigenvalue weighted by Gasteiger charge is -2.17. The number of thiophene rings is 1. The monoisotopic (exact) mass is 488 g/mol. The molecule has 5 heterocycles. The van der Waals surface area contributed by atoms with Crippen LogP contribution >= 0.6 is 11.3 Å². The van der Waals surface area contributed by atoms with E-state index in [0.29, 0.717) is 6.61 Å².